The SMILES string of the molecule is CCOC(=O)c1c(NC(=O)c2cc(-c3ccc(C)cc3C)nc3ccccc23)sc(C)c1C. The third-order valence-electron chi connectivity index (χ3n) is 5.71. The zero-order valence-electron chi connectivity index (χ0n) is 19.4. The van der Waals surface area contributed by atoms with Crippen molar-refractivity contribution in [1.82, 2.24) is 4.98 Å². The Bertz CT molecular complexity index is 1390. The Morgan fingerprint density at radius 1 is 1.03 bits per heavy atom. The number of hydrogen-bond donors (Lipinski definition) is 1. The van der Waals surface area contributed by atoms with Crippen LogP contribution in [-0.4, -0.2) is 23.5 Å². The molecule has 4 aromatic rings. The molecule has 0 radical (unpaired) electrons. The zero-order valence-corrected chi connectivity index (χ0v) is 20.2. The van der Waals surface area contributed by atoms with Gasteiger partial charge in [0.05, 0.1) is 28.9 Å². The van der Waals surface area contributed by atoms with Gasteiger partial charge in [-0.25, -0.2) is 9.78 Å². The first kappa shape index (κ1) is 22.7. The van der Waals surface area contributed by atoms with Crippen molar-refractivity contribution in [3.63, 3.8) is 0 Å². The molecule has 2 aromatic carbocycles. The van der Waals surface area contributed by atoms with Crippen molar-refractivity contribution in [1.29, 1.82) is 0 Å². The zero-order chi connectivity index (χ0) is 23.7. The van der Waals surface area contributed by atoms with E-state index >= 15 is 0 Å². The maximum atomic E-state index is 13.5. The number of nitrogens with one attached hydrogen (secondary N) is 1. The number of carbonyl (C=O) groups excluding carboxylic acids is 2. The normalized spacial score (nSPS) is 10.9. The van der Waals surface area contributed by atoms with Gasteiger partial charge in [-0.15, -0.1) is 11.3 Å². The van der Waals surface area contributed by atoms with Crippen molar-refractivity contribution in [2.45, 2.75) is 34.6 Å². The molecule has 2 heterocycles. The van der Waals surface area contributed by atoms with Gasteiger partial charge in [-0.2, -0.15) is 0 Å². The number of aromatic nitrogens is 1. The molecule has 5 nitrogen and oxygen atoms in total. The molecule has 0 aliphatic rings. The lowest BCUT2D eigenvalue weighted by molar-refractivity contribution is 0.0527. The topological polar surface area (TPSA) is 68.3 Å². The number of aryl methyl sites for hydroxylation is 3. The van der Waals surface area contributed by atoms with E-state index in [0.29, 0.717) is 16.1 Å². The molecule has 0 aliphatic carbocycles. The summed E-state index contributed by atoms with van der Waals surface area (Å²) in [5.74, 6) is -0.711. The number of pyridine rings is 1. The Labute approximate surface area is 197 Å². The largest absolute Gasteiger partial charge is 0.462 e. The second kappa shape index (κ2) is 9.16. The number of para-hydroxylation sites is 1. The Balaban J connectivity index is 1.81. The van der Waals surface area contributed by atoms with Gasteiger partial charge in [-0.3, -0.25) is 4.79 Å². The van der Waals surface area contributed by atoms with Crippen LogP contribution in [0.3, 0.4) is 0 Å². The van der Waals surface area contributed by atoms with Crippen molar-refractivity contribution in [3.05, 3.63) is 81.2 Å². The van der Waals surface area contributed by atoms with Crippen molar-refractivity contribution >= 4 is 39.1 Å². The van der Waals surface area contributed by atoms with E-state index in [0.717, 1.165) is 38.2 Å². The molecule has 0 fully saturated rings. The number of benzene rings is 2. The smallest absolute Gasteiger partial charge is 0.341 e. The number of anilines is 1. The van der Waals surface area contributed by atoms with Gasteiger partial charge in [-0.1, -0.05) is 42.0 Å². The Hall–Kier alpha value is -3.51. The highest BCUT2D eigenvalue weighted by Crippen LogP contribution is 2.34. The van der Waals surface area contributed by atoms with Crippen LogP contribution in [0, 0.1) is 27.7 Å². The summed E-state index contributed by atoms with van der Waals surface area (Å²) in [4.78, 5) is 31.9. The van der Waals surface area contributed by atoms with Crippen molar-refractivity contribution < 1.29 is 14.3 Å². The summed E-state index contributed by atoms with van der Waals surface area (Å²) in [5, 5.41) is 4.23. The first-order valence-corrected chi connectivity index (χ1v) is 11.7. The fourth-order valence-electron chi connectivity index (χ4n) is 3.94. The molecule has 168 valence electrons. The summed E-state index contributed by atoms with van der Waals surface area (Å²) >= 11 is 1.38. The van der Waals surface area contributed by atoms with Gasteiger partial charge in [0.15, 0.2) is 0 Å². The van der Waals surface area contributed by atoms with E-state index in [1.807, 2.05) is 63.2 Å². The summed E-state index contributed by atoms with van der Waals surface area (Å²) in [5.41, 5.74) is 6.47. The second-order valence-electron chi connectivity index (χ2n) is 8.05. The van der Waals surface area contributed by atoms with Gasteiger partial charge >= 0.3 is 5.97 Å². The first-order chi connectivity index (χ1) is 15.8. The van der Waals surface area contributed by atoms with E-state index in [9.17, 15) is 9.59 Å². The average Bonchev–Trinajstić information content (AvgIpc) is 3.06. The van der Waals surface area contributed by atoms with Gasteiger partial charge in [0.2, 0.25) is 0 Å². The molecule has 6 heteroatoms. The molecule has 0 atom stereocenters. The summed E-state index contributed by atoms with van der Waals surface area (Å²) in [6, 6.07) is 15.6. The van der Waals surface area contributed by atoms with Crippen LogP contribution in [0.4, 0.5) is 5.00 Å². The van der Waals surface area contributed by atoms with E-state index in [1.165, 1.54) is 16.9 Å². The summed E-state index contributed by atoms with van der Waals surface area (Å²) in [7, 11) is 0. The third kappa shape index (κ3) is 4.39. The Morgan fingerprint density at radius 2 is 1.79 bits per heavy atom. The number of rotatable bonds is 5. The van der Waals surface area contributed by atoms with E-state index in [4.69, 9.17) is 9.72 Å². The van der Waals surface area contributed by atoms with E-state index in [1.54, 1.807) is 6.92 Å². The highest BCUT2D eigenvalue weighted by molar-refractivity contribution is 7.16. The molecule has 33 heavy (non-hydrogen) atoms. The average molecular weight is 459 g/mol. The number of nitrogens with zero attached hydrogens (tertiary/aromatic N) is 1. The van der Waals surface area contributed by atoms with Crippen LogP contribution < -0.4 is 5.32 Å². The lowest BCUT2D eigenvalue weighted by atomic mass is 9.99. The van der Waals surface area contributed by atoms with Gasteiger partial charge < -0.3 is 10.1 Å². The van der Waals surface area contributed by atoms with Crippen molar-refractivity contribution in [3.8, 4) is 11.3 Å². The van der Waals surface area contributed by atoms with Gasteiger partial charge in [-0.05, 0) is 57.9 Å². The molecule has 0 spiro atoms. The second-order valence-corrected chi connectivity index (χ2v) is 9.28. The van der Waals surface area contributed by atoms with Crippen LogP contribution >= 0.6 is 11.3 Å². The van der Waals surface area contributed by atoms with Gasteiger partial charge in [0.1, 0.15) is 5.00 Å². The maximum absolute atomic E-state index is 13.5. The highest BCUT2D eigenvalue weighted by Gasteiger charge is 2.23. The van der Waals surface area contributed by atoms with Crippen LogP contribution in [-0.2, 0) is 4.74 Å². The molecule has 2 aromatic heterocycles. The Kier molecular flexibility index (Phi) is 6.29. The number of esters is 1. The molecule has 1 N–H and O–H groups in total. The minimum absolute atomic E-state index is 0.273. The van der Waals surface area contributed by atoms with Gasteiger partial charge in [0, 0.05) is 15.8 Å². The molecular formula is C27H26N2O3S. The van der Waals surface area contributed by atoms with Crippen LogP contribution in [0.25, 0.3) is 22.2 Å². The van der Waals surface area contributed by atoms with Gasteiger partial charge in [0.25, 0.3) is 5.91 Å². The van der Waals surface area contributed by atoms with E-state index < -0.39 is 5.97 Å². The van der Waals surface area contributed by atoms with Crippen molar-refractivity contribution in [2.75, 3.05) is 11.9 Å². The molecule has 0 aliphatic heterocycles. The summed E-state index contributed by atoms with van der Waals surface area (Å²) in [6.45, 7) is 9.93. The monoisotopic (exact) mass is 458 g/mol. The lowest BCUT2D eigenvalue weighted by Gasteiger charge is -2.12. The fourth-order valence-corrected chi connectivity index (χ4v) is 4.98. The fraction of sp³-hybridized carbons (Fsp3) is 0.222. The summed E-state index contributed by atoms with van der Waals surface area (Å²) in [6.07, 6.45) is 0. The van der Waals surface area contributed by atoms with E-state index in [-0.39, 0.29) is 12.5 Å². The highest BCUT2D eigenvalue weighted by atomic mass is 32.1. The minimum Gasteiger partial charge on any atom is -0.462 e. The molecule has 1 amide bonds. The number of ether oxygens (including phenoxy) is 1. The minimum atomic E-state index is -0.426. The maximum Gasteiger partial charge on any atom is 0.341 e. The van der Waals surface area contributed by atoms with Crippen LogP contribution in [0.5, 0.6) is 0 Å². The predicted molar refractivity (Wildman–Crippen MR) is 134 cm³/mol. The molecule has 0 saturated carbocycles. The van der Waals surface area contributed by atoms with Crippen molar-refractivity contribution in [2.24, 2.45) is 0 Å². The van der Waals surface area contributed by atoms with E-state index in [2.05, 4.69) is 18.3 Å². The number of fused-ring (bicyclic) bond motifs is 1. The number of hydrogen-bond acceptors (Lipinski definition) is 5. The summed E-state index contributed by atoms with van der Waals surface area (Å²) < 4.78 is 5.23. The molecular weight excluding hydrogens is 432 g/mol. The quantitative estimate of drug-likeness (QED) is 0.341. The third-order valence-corrected chi connectivity index (χ3v) is 6.83. The number of amides is 1. The predicted octanol–water partition coefficient (Wildman–Crippen LogP) is 6.63. The van der Waals surface area contributed by atoms with Crippen LogP contribution in [0.1, 0.15) is 49.2 Å². The molecule has 4 rings (SSSR count). The Morgan fingerprint density at radius 3 is 2.52 bits per heavy atom. The molecule has 0 unspecified atom stereocenters. The lowest BCUT2D eigenvalue weighted by Crippen LogP contribution is -2.15. The van der Waals surface area contributed by atoms with Crippen LogP contribution in [0.2, 0.25) is 0 Å². The molecule has 0 saturated heterocycles. The molecule has 0 bridgehead atoms. The number of thiophene rings is 1. The first-order valence-electron chi connectivity index (χ1n) is 10.9. The van der Waals surface area contributed by atoms with Crippen LogP contribution in [0.15, 0.2) is 48.5 Å². The number of carbonyl (C=O) groups is 2. The standard InChI is InChI=1S/C27H26N2O3S/c1-6-32-27(31)24-17(4)18(5)33-26(24)29-25(30)21-14-23(19-12-11-15(2)13-16(19)3)28-22-10-8-7-9-20(21)22/h7-14H,6H2,1-5H3,(H,29,30).